The predicted molar refractivity (Wildman–Crippen MR) is 108 cm³/mol. The van der Waals surface area contributed by atoms with Crippen molar-refractivity contribution in [3.8, 4) is 11.8 Å². The van der Waals surface area contributed by atoms with Gasteiger partial charge in [0.1, 0.15) is 11.8 Å². The lowest BCUT2D eigenvalue weighted by molar-refractivity contribution is -0.147. The van der Waals surface area contributed by atoms with Crippen LogP contribution in [0, 0.1) is 11.3 Å². The zero-order chi connectivity index (χ0) is 22.0. The lowest BCUT2D eigenvalue weighted by atomic mass is 10.2. The summed E-state index contributed by atoms with van der Waals surface area (Å²) in [5.41, 5.74) is 0.588. The first-order valence-electron chi connectivity index (χ1n) is 9.03. The molecule has 0 spiro atoms. The Kier molecular flexibility index (Phi) is 8.34. The zero-order valence-electron chi connectivity index (χ0n) is 16.3. The van der Waals surface area contributed by atoms with Gasteiger partial charge in [-0.25, -0.2) is 13.1 Å². The number of nitrogens with zero attached hydrogens (tertiary/aromatic N) is 1. The summed E-state index contributed by atoms with van der Waals surface area (Å²) in [7, 11) is -3.79. The maximum Gasteiger partial charge on any atom is 0.307 e. The van der Waals surface area contributed by atoms with Crippen molar-refractivity contribution in [3.05, 3.63) is 54.1 Å². The van der Waals surface area contributed by atoms with Crippen molar-refractivity contribution in [3.63, 3.8) is 0 Å². The van der Waals surface area contributed by atoms with Crippen LogP contribution in [0.5, 0.6) is 5.75 Å². The van der Waals surface area contributed by atoms with Crippen LogP contribution in [0.25, 0.3) is 0 Å². The number of hydrogen-bond donors (Lipinski definition) is 2. The molecule has 0 radical (unpaired) electrons. The highest BCUT2D eigenvalue weighted by Crippen LogP contribution is 2.16. The number of hydrogen-bond acceptors (Lipinski definition) is 7. The molecular weight excluding hydrogens is 410 g/mol. The number of carbonyl (C=O) groups is 2. The molecule has 2 aromatic rings. The van der Waals surface area contributed by atoms with Crippen LogP contribution >= 0.6 is 0 Å². The number of ether oxygens (including phenoxy) is 2. The molecule has 0 fully saturated rings. The molecule has 0 unspecified atom stereocenters. The average Bonchev–Trinajstić information content (AvgIpc) is 2.73. The Morgan fingerprint density at radius 2 is 1.80 bits per heavy atom. The Morgan fingerprint density at radius 3 is 2.47 bits per heavy atom. The SMILES string of the molecule is CCOc1ccc(S(=O)(=O)NCCC(=O)OCC(=O)Nc2ccccc2C#N)cc1. The molecule has 2 aromatic carbocycles. The van der Waals surface area contributed by atoms with Gasteiger partial charge in [-0.05, 0) is 43.3 Å². The number of nitrogens with one attached hydrogen (secondary N) is 2. The van der Waals surface area contributed by atoms with Crippen LogP contribution in [-0.4, -0.2) is 40.1 Å². The molecule has 2 N–H and O–H groups in total. The fraction of sp³-hybridized carbons (Fsp3) is 0.250. The van der Waals surface area contributed by atoms with E-state index >= 15 is 0 Å². The number of benzene rings is 2. The number of amides is 1. The van der Waals surface area contributed by atoms with Gasteiger partial charge in [-0.3, -0.25) is 9.59 Å². The molecule has 0 atom stereocenters. The van der Waals surface area contributed by atoms with Crippen molar-refractivity contribution in [2.75, 3.05) is 25.1 Å². The largest absolute Gasteiger partial charge is 0.494 e. The molecule has 2 rings (SSSR count). The molecule has 0 saturated carbocycles. The van der Waals surface area contributed by atoms with E-state index in [-0.39, 0.29) is 23.4 Å². The molecule has 158 valence electrons. The van der Waals surface area contributed by atoms with Gasteiger partial charge in [0.05, 0.1) is 29.2 Å². The number of rotatable bonds is 10. The van der Waals surface area contributed by atoms with E-state index in [0.29, 0.717) is 18.0 Å². The molecule has 0 aliphatic heterocycles. The average molecular weight is 431 g/mol. The van der Waals surface area contributed by atoms with Gasteiger partial charge in [0.2, 0.25) is 10.0 Å². The number of para-hydroxylation sites is 1. The van der Waals surface area contributed by atoms with E-state index in [4.69, 9.17) is 14.7 Å². The minimum atomic E-state index is -3.79. The van der Waals surface area contributed by atoms with Crippen molar-refractivity contribution < 1.29 is 27.5 Å². The first kappa shape index (κ1) is 22.9. The number of sulfonamides is 1. The minimum Gasteiger partial charge on any atom is -0.494 e. The van der Waals surface area contributed by atoms with Crippen molar-refractivity contribution in [2.24, 2.45) is 0 Å². The van der Waals surface area contributed by atoms with Crippen LogP contribution < -0.4 is 14.8 Å². The number of anilines is 1. The standard InChI is InChI=1S/C20H21N3O6S/c1-2-28-16-7-9-17(10-8-16)30(26,27)22-12-11-20(25)29-14-19(24)23-18-6-4-3-5-15(18)13-21/h3-10,22H,2,11-12,14H2,1H3,(H,23,24). The Hall–Kier alpha value is -3.42. The molecule has 9 nitrogen and oxygen atoms in total. The molecule has 30 heavy (non-hydrogen) atoms. The third kappa shape index (κ3) is 6.88. The van der Waals surface area contributed by atoms with Crippen molar-refractivity contribution >= 4 is 27.6 Å². The molecule has 0 saturated heterocycles. The number of nitriles is 1. The summed E-state index contributed by atoms with van der Waals surface area (Å²) < 4.78 is 36.8. The normalized spacial score (nSPS) is 10.7. The van der Waals surface area contributed by atoms with E-state index < -0.39 is 28.5 Å². The van der Waals surface area contributed by atoms with Crippen molar-refractivity contribution in [2.45, 2.75) is 18.2 Å². The molecule has 0 heterocycles. The summed E-state index contributed by atoms with van der Waals surface area (Å²) in [6.45, 7) is 1.55. The van der Waals surface area contributed by atoms with Gasteiger partial charge in [0.15, 0.2) is 6.61 Å². The summed E-state index contributed by atoms with van der Waals surface area (Å²) in [6.07, 6.45) is -0.252. The smallest absolute Gasteiger partial charge is 0.307 e. The van der Waals surface area contributed by atoms with Crippen LogP contribution in [0.3, 0.4) is 0 Å². The van der Waals surface area contributed by atoms with Gasteiger partial charge in [-0.15, -0.1) is 0 Å². The highest BCUT2D eigenvalue weighted by Gasteiger charge is 2.15. The summed E-state index contributed by atoms with van der Waals surface area (Å²) >= 11 is 0. The van der Waals surface area contributed by atoms with Crippen LogP contribution in [-0.2, 0) is 24.3 Å². The number of esters is 1. The first-order valence-corrected chi connectivity index (χ1v) is 10.5. The second-order valence-corrected chi connectivity index (χ2v) is 7.69. The Balaban J connectivity index is 1.76. The Morgan fingerprint density at radius 1 is 1.10 bits per heavy atom. The summed E-state index contributed by atoms with van der Waals surface area (Å²) in [4.78, 5) is 23.7. The Labute approximate surface area is 174 Å². The van der Waals surface area contributed by atoms with E-state index in [0.717, 1.165) is 0 Å². The summed E-state index contributed by atoms with van der Waals surface area (Å²) in [5, 5.41) is 11.5. The second-order valence-electron chi connectivity index (χ2n) is 5.92. The molecule has 0 aliphatic carbocycles. The summed E-state index contributed by atoms with van der Waals surface area (Å²) in [5.74, 6) is -0.801. The van der Waals surface area contributed by atoms with E-state index in [9.17, 15) is 18.0 Å². The minimum absolute atomic E-state index is 0.0369. The van der Waals surface area contributed by atoms with Gasteiger partial charge in [-0.1, -0.05) is 12.1 Å². The summed E-state index contributed by atoms with van der Waals surface area (Å²) in [6, 6.07) is 14.2. The molecule has 10 heteroatoms. The topological polar surface area (TPSA) is 135 Å². The monoisotopic (exact) mass is 431 g/mol. The molecule has 1 amide bonds. The van der Waals surface area contributed by atoms with Gasteiger partial charge >= 0.3 is 5.97 Å². The third-order valence-corrected chi connectivity index (χ3v) is 5.23. The van der Waals surface area contributed by atoms with Gasteiger partial charge in [0.25, 0.3) is 5.91 Å². The highest BCUT2D eigenvalue weighted by molar-refractivity contribution is 7.89. The quantitative estimate of drug-likeness (QED) is 0.548. The van der Waals surface area contributed by atoms with E-state index in [1.807, 2.05) is 13.0 Å². The third-order valence-electron chi connectivity index (χ3n) is 3.75. The number of carbonyl (C=O) groups excluding carboxylic acids is 2. The van der Waals surface area contributed by atoms with Gasteiger partial charge < -0.3 is 14.8 Å². The van der Waals surface area contributed by atoms with Gasteiger partial charge in [-0.2, -0.15) is 5.26 Å². The van der Waals surface area contributed by atoms with E-state index in [1.165, 1.54) is 30.3 Å². The fourth-order valence-corrected chi connectivity index (χ4v) is 3.38. The van der Waals surface area contributed by atoms with Crippen LogP contribution in [0.2, 0.25) is 0 Å². The maximum absolute atomic E-state index is 12.2. The van der Waals surface area contributed by atoms with E-state index in [2.05, 4.69) is 10.0 Å². The highest BCUT2D eigenvalue weighted by atomic mass is 32.2. The Bertz CT molecular complexity index is 1030. The van der Waals surface area contributed by atoms with Gasteiger partial charge in [0, 0.05) is 6.54 Å². The second kappa shape index (κ2) is 10.9. The predicted octanol–water partition coefficient (Wildman–Crippen LogP) is 1.81. The first-order chi connectivity index (χ1) is 14.4. The molecule has 0 aliphatic rings. The van der Waals surface area contributed by atoms with Crippen LogP contribution in [0.1, 0.15) is 18.9 Å². The van der Waals surface area contributed by atoms with E-state index in [1.54, 1.807) is 18.2 Å². The lowest BCUT2D eigenvalue weighted by Gasteiger charge is -2.09. The maximum atomic E-state index is 12.2. The van der Waals surface area contributed by atoms with Crippen molar-refractivity contribution in [1.82, 2.24) is 4.72 Å². The van der Waals surface area contributed by atoms with Crippen molar-refractivity contribution in [1.29, 1.82) is 5.26 Å². The van der Waals surface area contributed by atoms with Crippen LogP contribution in [0.15, 0.2) is 53.4 Å². The lowest BCUT2D eigenvalue weighted by Crippen LogP contribution is -2.28. The molecular formula is C20H21N3O6S. The molecule has 0 aromatic heterocycles. The fourth-order valence-electron chi connectivity index (χ4n) is 2.35. The molecule has 0 bridgehead atoms. The zero-order valence-corrected chi connectivity index (χ0v) is 17.1. The van der Waals surface area contributed by atoms with Crippen LogP contribution in [0.4, 0.5) is 5.69 Å².